The van der Waals surface area contributed by atoms with Crippen LogP contribution in [0.3, 0.4) is 0 Å². The van der Waals surface area contributed by atoms with Crippen molar-refractivity contribution in [2.75, 3.05) is 19.8 Å². The molecule has 1 N–H and O–H groups in total. The molecule has 108 valence electrons. The number of rotatable bonds is 10. The van der Waals surface area contributed by atoms with Gasteiger partial charge in [-0.2, -0.15) is 0 Å². The first kappa shape index (κ1) is 16.1. The quantitative estimate of drug-likeness (QED) is 0.655. The summed E-state index contributed by atoms with van der Waals surface area (Å²) in [4.78, 5) is 4.62. The Balaban J connectivity index is 2.47. The first-order valence-electron chi connectivity index (χ1n) is 7.52. The number of aromatic nitrogens is 1. The average Bonchev–Trinajstić information content (AvgIpc) is 2.42. The second-order valence-corrected chi connectivity index (χ2v) is 4.97. The van der Waals surface area contributed by atoms with Crippen molar-refractivity contribution >= 4 is 0 Å². The Morgan fingerprint density at radius 2 is 2.05 bits per heavy atom. The van der Waals surface area contributed by atoms with Crippen molar-refractivity contribution in [3.8, 4) is 0 Å². The molecule has 0 aliphatic heterocycles. The zero-order valence-corrected chi connectivity index (χ0v) is 12.6. The predicted octanol–water partition coefficient (Wildman–Crippen LogP) is 3.64. The highest BCUT2D eigenvalue weighted by Crippen LogP contribution is 2.15. The summed E-state index contributed by atoms with van der Waals surface area (Å²) in [6.07, 6.45) is 4.46. The summed E-state index contributed by atoms with van der Waals surface area (Å²) in [7, 11) is 0. The van der Waals surface area contributed by atoms with Gasteiger partial charge in [0, 0.05) is 18.9 Å². The average molecular weight is 264 g/mol. The van der Waals surface area contributed by atoms with Gasteiger partial charge < -0.3 is 10.1 Å². The largest absolute Gasteiger partial charge is 0.381 e. The molecule has 0 bridgehead atoms. The Morgan fingerprint density at radius 3 is 2.74 bits per heavy atom. The third-order valence-corrected chi connectivity index (χ3v) is 3.10. The van der Waals surface area contributed by atoms with Crippen LogP contribution in [0.1, 0.15) is 57.0 Å². The summed E-state index contributed by atoms with van der Waals surface area (Å²) < 4.78 is 5.67. The number of unbranched alkanes of at least 4 members (excludes halogenated alkanes) is 1. The van der Waals surface area contributed by atoms with Crippen LogP contribution < -0.4 is 5.32 Å². The maximum absolute atomic E-state index is 5.67. The molecule has 1 rings (SSSR count). The Morgan fingerprint density at radius 1 is 1.21 bits per heavy atom. The van der Waals surface area contributed by atoms with Crippen molar-refractivity contribution in [1.29, 1.82) is 0 Å². The topological polar surface area (TPSA) is 34.1 Å². The monoisotopic (exact) mass is 264 g/mol. The van der Waals surface area contributed by atoms with Gasteiger partial charge >= 0.3 is 0 Å². The van der Waals surface area contributed by atoms with Crippen LogP contribution in [-0.2, 0) is 4.74 Å². The zero-order chi connectivity index (χ0) is 13.9. The molecule has 1 aromatic heterocycles. The number of nitrogens with zero attached hydrogens (tertiary/aromatic N) is 1. The molecule has 1 heterocycles. The third kappa shape index (κ3) is 6.69. The molecule has 1 aromatic rings. The Labute approximate surface area is 117 Å². The summed E-state index contributed by atoms with van der Waals surface area (Å²) in [5.41, 5.74) is 2.21. The predicted molar refractivity (Wildman–Crippen MR) is 80.4 cm³/mol. The van der Waals surface area contributed by atoms with Crippen LogP contribution >= 0.6 is 0 Å². The molecule has 1 atom stereocenters. The fourth-order valence-electron chi connectivity index (χ4n) is 1.98. The van der Waals surface area contributed by atoms with Gasteiger partial charge in [0.05, 0.1) is 11.7 Å². The highest BCUT2D eigenvalue weighted by Gasteiger charge is 2.11. The van der Waals surface area contributed by atoms with Gasteiger partial charge in [-0.05, 0) is 44.9 Å². The van der Waals surface area contributed by atoms with Crippen molar-refractivity contribution in [3.05, 3.63) is 29.6 Å². The van der Waals surface area contributed by atoms with Gasteiger partial charge in [0.25, 0.3) is 0 Å². The van der Waals surface area contributed by atoms with Crippen LogP contribution in [0.15, 0.2) is 18.2 Å². The molecule has 0 radical (unpaired) electrons. The molecule has 0 spiro atoms. The standard InChI is InChI=1S/C16H28N2O/c1-4-6-12-19-13-10-15(17-11-5-2)16-9-7-8-14(3)18-16/h7-9,15,17H,4-6,10-13H2,1-3H3. The molecule has 0 aliphatic rings. The molecule has 0 amide bonds. The van der Waals surface area contributed by atoms with E-state index in [1.54, 1.807) is 0 Å². The Bertz CT molecular complexity index is 341. The van der Waals surface area contributed by atoms with Gasteiger partial charge in [-0.25, -0.2) is 0 Å². The molecule has 19 heavy (non-hydrogen) atoms. The van der Waals surface area contributed by atoms with Crippen LogP contribution in [-0.4, -0.2) is 24.7 Å². The van der Waals surface area contributed by atoms with Crippen LogP contribution in [0.4, 0.5) is 0 Å². The summed E-state index contributed by atoms with van der Waals surface area (Å²) in [6.45, 7) is 9.11. The van der Waals surface area contributed by atoms with Crippen molar-refractivity contribution in [3.63, 3.8) is 0 Å². The molecule has 0 saturated carbocycles. The van der Waals surface area contributed by atoms with Gasteiger partial charge in [0.2, 0.25) is 0 Å². The van der Waals surface area contributed by atoms with Crippen molar-refractivity contribution in [2.24, 2.45) is 0 Å². The van der Waals surface area contributed by atoms with Crippen LogP contribution in [0.25, 0.3) is 0 Å². The lowest BCUT2D eigenvalue weighted by atomic mass is 10.1. The van der Waals surface area contributed by atoms with E-state index in [-0.39, 0.29) is 0 Å². The van der Waals surface area contributed by atoms with E-state index in [0.29, 0.717) is 6.04 Å². The summed E-state index contributed by atoms with van der Waals surface area (Å²) in [6, 6.07) is 6.53. The lowest BCUT2D eigenvalue weighted by Crippen LogP contribution is -2.24. The van der Waals surface area contributed by atoms with E-state index in [9.17, 15) is 0 Å². The minimum absolute atomic E-state index is 0.307. The third-order valence-electron chi connectivity index (χ3n) is 3.10. The minimum atomic E-state index is 0.307. The number of pyridine rings is 1. The molecule has 0 saturated heterocycles. The summed E-state index contributed by atoms with van der Waals surface area (Å²) in [5.74, 6) is 0. The van der Waals surface area contributed by atoms with E-state index in [1.165, 1.54) is 6.42 Å². The number of ether oxygens (including phenoxy) is 1. The van der Waals surface area contributed by atoms with Crippen molar-refractivity contribution < 1.29 is 4.74 Å². The van der Waals surface area contributed by atoms with Gasteiger partial charge in [0.1, 0.15) is 0 Å². The maximum atomic E-state index is 5.67. The van der Waals surface area contributed by atoms with E-state index in [4.69, 9.17) is 4.74 Å². The lowest BCUT2D eigenvalue weighted by molar-refractivity contribution is 0.121. The van der Waals surface area contributed by atoms with Gasteiger partial charge in [-0.3, -0.25) is 4.98 Å². The van der Waals surface area contributed by atoms with Crippen LogP contribution in [0.2, 0.25) is 0 Å². The number of nitrogens with one attached hydrogen (secondary N) is 1. The second-order valence-electron chi connectivity index (χ2n) is 4.97. The van der Waals surface area contributed by atoms with E-state index >= 15 is 0 Å². The number of hydrogen-bond acceptors (Lipinski definition) is 3. The molecule has 1 unspecified atom stereocenters. The maximum Gasteiger partial charge on any atom is 0.0577 e. The number of aryl methyl sites for hydroxylation is 1. The van der Waals surface area contributed by atoms with Crippen molar-refractivity contribution in [2.45, 2.75) is 52.5 Å². The molecule has 3 heteroatoms. The molecular formula is C16H28N2O. The zero-order valence-electron chi connectivity index (χ0n) is 12.6. The van der Waals surface area contributed by atoms with E-state index < -0.39 is 0 Å². The SMILES string of the molecule is CCCCOCCC(NCCC)c1cccc(C)n1. The van der Waals surface area contributed by atoms with Crippen molar-refractivity contribution in [1.82, 2.24) is 10.3 Å². The van der Waals surface area contributed by atoms with Gasteiger partial charge in [-0.15, -0.1) is 0 Å². The van der Waals surface area contributed by atoms with E-state index in [0.717, 1.165) is 50.4 Å². The highest BCUT2D eigenvalue weighted by atomic mass is 16.5. The fourth-order valence-corrected chi connectivity index (χ4v) is 1.98. The van der Waals surface area contributed by atoms with E-state index in [1.807, 2.05) is 13.0 Å². The first-order valence-corrected chi connectivity index (χ1v) is 7.52. The highest BCUT2D eigenvalue weighted by molar-refractivity contribution is 5.13. The Hall–Kier alpha value is -0.930. The molecule has 0 aliphatic carbocycles. The van der Waals surface area contributed by atoms with Crippen LogP contribution in [0, 0.1) is 6.92 Å². The number of hydrogen-bond donors (Lipinski definition) is 1. The van der Waals surface area contributed by atoms with Gasteiger partial charge in [0.15, 0.2) is 0 Å². The molecule has 3 nitrogen and oxygen atoms in total. The normalized spacial score (nSPS) is 12.6. The molecule has 0 aromatic carbocycles. The first-order chi connectivity index (χ1) is 9.27. The fraction of sp³-hybridized carbons (Fsp3) is 0.688. The summed E-state index contributed by atoms with van der Waals surface area (Å²) >= 11 is 0. The smallest absolute Gasteiger partial charge is 0.0577 e. The van der Waals surface area contributed by atoms with Gasteiger partial charge in [-0.1, -0.05) is 26.3 Å². The molecular weight excluding hydrogens is 236 g/mol. The minimum Gasteiger partial charge on any atom is -0.381 e. The molecule has 0 fully saturated rings. The summed E-state index contributed by atoms with van der Waals surface area (Å²) in [5, 5.41) is 3.56. The van der Waals surface area contributed by atoms with Crippen LogP contribution in [0.5, 0.6) is 0 Å². The van der Waals surface area contributed by atoms with E-state index in [2.05, 4.69) is 36.3 Å². The lowest BCUT2D eigenvalue weighted by Gasteiger charge is -2.18. The second kappa shape index (κ2) is 9.93. The Kier molecular flexibility index (Phi) is 8.43.